The van der Waals surface area contributed by atoms with Gasteiger partial charge in [0.25, 0.3) is 0 Å². The van der Waals surface area contributed by atoms with Crippen LogP contribution in [0.3, 0.4) is 0 Å². The summed E-state index contributed by atoms with van der Waals surface area (Å²) >= 11 is 5.99. The molecule has 1 aliphatic heterocycles. The Hall–Kier alpha value is -3.10. The summed E-state index contributed by atoms with van der Waals surface area (Å²) < 4.78 is 17.5. The lowest BCUT2D eigenvalue weighted by Crippen LogP contribution is -2.45. The monoisotopic (exact) mass is 551 g/mol. The Kier molecular flexibility index (Phi) is 10.2. The van der Waals surface area contributed by atoms with Gasteiger partial charge in [0, 0.05) is 18.2 Å². The minimum atomic E-state index is -0.550. The van der Waals surface area contributed by atoms with E-state index in [1.54, 1.807) is 12.1 Å². The zero-order valence-corrected chi connectivity index (χ0v) is 23.7. The van der Waals surface area contributed by atoms with Gasteiger partial charge in [0.1, 0.15) is 47.9 Å². The number of rotatable bonds is 14. The molecule has 4 rings (SSSR count). The standard InChI is InChI=1S/C31H38ClN3O4/c1-4-35(5-2)19-26(36)20-38-27-13-7-23(8-14-27)31(22-33-30(34-31)21-37-6-3)24-9-15-28(16-10-24)39-29-17-11-25(32)12-18-29/h7-18,26,36H,4-6,19-22H2,1-3H3,(H,33,34)/t26-,31?/m0/s1. The van der Waals surface area contributed by atoms with Crippen LogP contribution in [0.25, 0.3) is 0 Å². The van der Waals surface area contributed by atoms with E-state index in [2.05, 4.69) is 48.3 Å². The second-order valence-electron chi connectivity index (χ2n) is 9.49. The molecule has 39 heavy (non-hydrogen) atoms. The first-order valence-corrected chi connectivity index (χ1v) is 13.9. The Morgan fingerprint density at radius 2 is 1.46 bits per heavy atom. The molecular formula is C31H38ClN3O4. The van der Waals surface area contributed by atoms with E-state index in [9.17, 15) is 5.11 Å². The summed E-state index contributed by atoms with van der Waals surface area (Å²) in [6, 6.07) is 23.3. The molecule has 2 atom stereocenters. The predicted molar refractivity (Wildman–Crippen MR) is 156 cm³/mol. The van der Waals surface area contributed by atoms with Gasteiger partial charge in [-0.05, 0) is 79.7 Å². The lowest BCUT2D eigenvalue weighted by Gasteiger charge is -2.31. The van der Waals surface area contributed by atoms with Gasteiger partial charge in [0.05, 0.1) is 6.54 Å². The van der Waals surface area contributed by atoms with Crippen molar-refractivity contribution < 1.29 is 19.3 Å². The van der Waals surface area contributed by atoms with E-state index < -0.39 is 11.6 Å². The van der Waals surface area contributed by atoms with E-state index >= 15 is 0 Å². The van der Waals surface area contributed by atoms with E-state index in [1.807, 2.05) is 43.3 Å². The third kappa shape index (κ3) is 7.51. The van der Waals surface area contributed by atoms with E-state index in [0.717, 1.165) is 41.6 Å². The normalized spacial score (nSPS) is 17.5. The van der Waals surface area contributed by atoms with Crippen molar-refractivity contribution >= 4 is 17.4 Å². The highest BCUT2D eigenvalue weighted by molar-refractivity contribution is 6.30. The predicted octanol–water partition coefficient (Wildman–Crippen LogP) is 5.50. The zero-order valence-electron chi connectivity index (χ0n) is 22.9. The first kappa shape index (κ1) is 28.9. The highest BCUT2D eigenvalue weighted by Crippen LogP contribution is 2.35. The molecule has 0 spiro atoms. The number of likely N-dealkylation sites (N-methyl/N-ethyl adjacent to an activating group) is 1. The van der Waals surface area contributed by atoms with Crippen LogP contribution in [0.4, 0.5) is 0 Å². The van der Waals surface area contributed by atoms with E-state index in [4.69, 9.17) is 30.8 Å². The molecule has 0 aromatic heterocycles. The molecule has 2 N–H and O–H groups in total. The second-order valence-corrected chi connectivity index (χ2v) is 9.92. The molecular weight excluding hydrogens is 514 g/mol. The molecule has 0 amide bonds. The van der Waals surface area contributed by atoms with Crippen LogP contribution in [-0.4, -0.2) is 67.9 Å². The maximum atomic E-state index is 10.4. The molecule has 0 fully saturated rings. The molecule has 0 saturated carbocycles. The number of benzene rings is 3. The first-order valence-electron chi connectivity index (χ1n) is 13.5. The smallest absolute Gasteiger partial charge is 0.127 e. The Morgan fingerprint density at radius 3 is 2.03 bits per heavy atom. The number of hydrogen-bond acceptors (Lipinski definition) is 7. The summed E-state index contributed by atoms with van der Waals surface area (Å²) in [6.07, 6.45) is -0.546. The molecule has 3 aromatic rings. The van der Waals surface area contributed by atoms with Crippen LogP contribution >= 0.6 is 11.6 Å². The molecule has 0 saturated heterocycles. The number of aliphatic hydroxyl groups is 1. The Labute approximate surface area is 236 Å². The van der Waals surface area contributed by atoms with Gasteiger partial charge in [0.15, 0.2) is 0 Å². The van der Waals surface area contributed by atoms with Crippen molar-refractivity contribution in [3.05, 3.63) is 88.9 Å². The molecule has 208 valence electrons. The van der Waals surface area contributed by atoms with Gasteiger partial charge >= 0.3 is 0 Å². The molecule has 8 heteroatoms. The van der Waals surface area contributed by atoms with Crippen LogP contribution in [0.1, 0.15) is 31.9 Å². The van der Waals surface area contributed by atoms with Gasteiger partial charge < -0.3 is 29.5 Å². The maximum absolute atomic E-state index is 10.4. The highest BCUT2D eigenvalue weighted by Gasteiger charge is 2.39. The molecule has 0 bridgehead atoms. The van der Waals surface area contributed by atoms with Gasteiger partial charge in [-0.3, -0.25) is 4.99 Å². The number of ether oxygens (including phenoxy) is 3. The number of amidine groups is 1. The molecule has 0 aliphatic carbocycles. The quantitative estimate of drug-likeness (QED) is 0.276. The minimum Gasteiger partial charge on any atom is -0.491 e. The lowest BCUT2D eigenvalue weighted by molar-refractivity contribution is 0.0716. The van der Waals surface area contributed by atoms with Gasteiger partial charge in [-0.25, -0.2) is 0 Å². The average Bonchev–Trinajstić information content (AvgIpc) is 3.41. The van der Waals surface area contributed by atoms with Crippen molar-refractivity contribution in [3.8, 4) is 17.2 Å². The molecule has 1 heterocycles. The van der Waals surface area contributed by atoms with Crippen LogP contribution in [0.5, 0.6) is 17.2 Å². The molecule has 3 aromatic carbocycles. The summed E-state index contributed by atoms with van der Waals surface area (Å²) in [6.45, 7) is 10.4. The van der Waals surface area contributed by atoms with E-state index in [1.165, 1.54) is 0 Å². The van der Waals surface area contributed by atoms with Gasteiger partial charge in [-0.2, -0.15) is 0 Å². The summed E-state index contributed by atoms with van der Waals surface area (Å²) in [5, 5.41) is 14.7. The number of nitrogens with one attached hydrogen (secondary N) is 1. The highest BCUT2D eigenvalue weighted by atomic mass is 35.5. The van der Waals surface area contributed by atoms with Crippen molar-refractivity contribution in [2.45, 2.75) is 32.4 Å². The van der Waals surface area contributed by atoms with Gasteiger partial charge in [-0.1, -0.05) is 49.7 Å². The van der Waals surface area contributed by atoms with Crippen molar-refractivity contribution in [1.82, 2.24) is 10.2 Å². The van der Waals surface area contributed by atoms with Crippen LogP contribution in [-0.2, 0) is 10.3 Å². The second kappa shape index (κ2) is 13.8. The van der Waals surface area contributed by atoms with Crippen LogP contribution in [0.15, 0.2) is 77.8 Å². The first-order chi connectivity index (χ1) is 19.0. The number of nitrogens with zero attached hydrogens (tertiary/aromatic N) is 2. The number of aliphatic imine (C=N–C) groups is 1. The average molecular weight is 552 g/mol. The summed E-state index contributed by atoms with van der Waals surface area (Å²) in [5.74, 6) is 2.99. The van der Waals surface area contributed by atoms with Crippen LogP contribution in [0, 0.1) is 0 Å². The number of hydrogen-bond donors (Lipinski definition) is 2. The zero-order chi connectivity index (χ0) is 27.7. The van der Waals surface area contributed by atoms with Crippen LogP contribution < -0.4 is 14.8 Å². The molecule has 1 aliphatic rings. The van der Waals surface area contributed by atoms with Crippen molar-refractivity contribution in [3.63, 3.8) is 0 Å². The van der Waals surface area contributed by atoms with Crippen LogP contribution in [0.2, 0.25) is 5.02 Å². The maximum Gasteiger partial charge on any atom is 0.127 e. The fraction of sp³-hybridized carbons (Fsp3) is 0.387. The fourth-order valence-electron chi connectivity index (χ4n) is 4.62. The SMILES string of the molecule is CCOCC1=NCC(c2ccc(OC[C@@H](O)CN(CC)CC)cc2)(c2ccc(Oc3ccc(Cl)cc3)cc2)N1. The number of aliphatic hydroxyl groups excluding tert-OH is 1. The lowest BCUT2D eigenvalue weighted by atomic mass is 9.83. The largest absolute Gasteiger partial charge is 0.491 e. The summed E-state index contributed by atoms with van der Waals surface area (Å²) in [5.41, 5.74) is 1.57. The van der Waals surface area contributed by atoms with E-state index in [-0.39, 0.29) is 6.61 Å². The van der Waals surface area contributed by atoms with Crippen molar-refractivity contribution in [1.29, 1.82) is 0 Å². The third-order valence-electron chi connectivity index (χ3n) is 6.86. The summed E-state index contributed by atoms with van der Waals surface area (Å²) in [7, 11) is 0. The summed E-state index contributed by atoms with van der Waals surface area (Å²) in [4.78, 5) is 6.95. The van der Waals surface area contributed by atoms with Gasteiger partial charge in [0.2, 0.25) is 0 Å². The van der Waals surface area contributed by atoms with E-state index in [0.29, 0.717) is 37.1 Å². The third-order valence-corrected chi connectivity index (χ3v) is 7.11. The molecule has 1 unspecified atom stereocenters. The minimum absolute atomic E-state index is 0.246. The van der Waals surface area contributed by atoms with Crippen molar-refractivity contribution in [2.75, 3.05) is 46.0 Å². The van der Waals surface area contributed by atoms with Gasteiger partial charge in [-0.15, -0.1) is 0 Å². The molecule has 0 radical (unpaired) electrons. The fourth-order valence-corrected chi connectivity index (χ4v) is 4.75. The number of halogens is 1. The Bertz CT molecular complexity index is 1200. The Balaban J connectivity index is 1.50. The van der Waals surface area contributed by atoms with Crippen molar-refractivity contribution in [2.24, 2.45) is 4.99 Å². The Morgan fingerprint density at radius 1 is 0.897 bits per heavy atom. The topological polar surface area (TPSA) is 75.5 Å². The molecule has 7 nitrogen and oxygen atoms in total.